The van der Waals surface area contributed by atoms with Gasteiger partial charge in [0.2, 0.25) is 0 Å². The third kappa shape index (κ3) is 6.87. The lowest BCUT2D eigenvalue weighted by Gasteiger charge is -2.19. The Labute approximate surface area is 222 Å². The van der Waals surface area contributed by atoms with E-state index in [1.807, 2.05) is 18.2 Å². The summed E-state index contributed by atoms with van der Waals surface area (Å²) in [6, 6.07) is 24.9. The summed E-state index contributed by atoms with van der Waals surface area (Å²) in [6.07, 6.45) is 4.73. The van der Waals surface area contributed by atoms with Gasteiger partial charge in [-0.3, -0.25) is 4.79 Å². The van der Waals surface area contributed by atoms with Gasteiger partial charge in [-0.05, 0) is 60.2 Å². The molecule has 0 amide bonds. The van der Waals surface area contributed by atoms with Crippen LogP contribution in [0, 0.1) is 0 Å². The van der Waals surface area contributed by atoms with E-state index in [1.165, 1.54) is 22.3 Å². The fraction of sp³-hybridized carbons (Fsp3) is 0.344. The SMILES string of the molecule is CN(CC/C=C1/c2ccccc2COc2ccccc21)CCCC(=O)c1ccc(C(C)(C)C)cc1.Cl. The fourth-order valence-electron chi connectivity index (χ4n) is 4.60. The second-order valence-corrected chi connectivity index (χ2v) is 10.5. The van der Waals surface area contributed by atoms with E-state index in [-0.39, 0.29) is 23.6 Å². The normalized spacial score (nSPS) is 13.9. The molecular weight excluding hydrogens is 466 g/mol. The van der Waals surface area contributed by atoms with E-state index in [2.05, 4.69) is 93.4 Å². The summed E-state index contributed by atoms with van der Waals surface area (Å²) >= 11 is 0. The molecular formula is C32H38ClNO2. The number of benzene rings is 3. The molecule has 1 aliphatic rings. The second-order valence-electron chi connectivity index (χ2n) is 10.5. The summed E-state index contributed by atoms with van der Waals surface area (Å²) in [5.74, 6) is 1.17. The average Bonchev–Trinajstić information content (AvgIpc) is 3.01. The Morgan fingerprint density at radius 1 is 0.917 bits per heavy atom. The van der Waals surface area contributed by atoms with Crippen LogP contribution in [0.4, 0.5) is 0 Å². The van der Waals surface area contributed by atoms with Gasteiger partial charge in [0.05, 0.1) is 0 Å². The van der Waals surface area contributed by atoms with Gasteiger partial charge < -0.3 is 9.64 Å². The van der Waals surface area contributed by atoms with Crippen LogP contribution in [0.3, 0.4) is 0 Å². The summed E-state index contributed by atoms with van der Waals surface area (Å²) < 4.78 is 6.08. The van der Waals surface area contributed by atoms with Gasteiger partial charge in [-0.25, -0.2) is 0 Å². The molecule has 1 heterocycles. The Morgan fingerprint density at radius 2 is 1.58 bits per heavy atom. The van der Waals surface area contributed by atoms with Crippen LogP contribution in [-0.2, 0) is 12.0 Å². The average molecular weight is 504 g/mol. The summed E-state index contributed by atoms with van der Waals surface area (Å²) in [7, 11) is 2.14. The summed E-state index contributed by atoms with van der Waals surface area (Å²) in [4.78, 5) is 15.0. The van der Waals surface area contributed by atoms with E-state index in [1.54, 1.807) is 0 Å². The first-order valence-corrected chi connectivity index (χ1v) is 12.7. The monoisotopic (exact) mass is 503 g/mol. The van der Waals surface area contributed by atoms with Crippen molar-refractivity contribution in [2.75, 3.05) is 20.1 Å². The molecule has 0 radical (unpaired) electrons. The number of ketones is 1. The molecule has 190 valence electrons. The minimum atomic E-state index is 0. The van der Waals surface area contributed by atoms with E-state index < -0.39 is 0 Å². The largest absolute Gasteiger partial charge is 0.488 e. The first-order chi connectivity index (χ1) is 16.8. The summed E-state index contributed by atoms with van der Waals surface area (Å²) in [5.41, 5.74) is 7.06. The topological polar surface area (TPSA) is 29.5 Å². The molecule has 0 bridgehead atoms. The van der Waals surface area contributed by atoms with E-state index in [4.69, 9.17) is 4.74 Å². The highest BCUT2D eigenvalue weighted by Crippen LogP contribution is 2.36. The second kappa shape index (κ2) is 12.4. The first-order valence-electron chi connectivity index (χ1n) is 12.7. The van der Waals surface area contributed by atoms with Crippen molar-refractivity contribution in [1.82, 2.24) is 4.90 Å². The Kier molecular flexibility index (Phi) is 9.53. The molecule has 0 atom stereocenters. The molecule has 0 saturated heterocycles. The molecule has 3 aromatic carbocycles. The molecule has 1 aliphatic heterocycles. The number of Topliss-reactive ketones (excluding diaryl/α,β-unsaturated/α-hetero) is 1. The van der Waals surface area contributed by atoms with Crippen molar-refractivity contribution in [3.63, 3.8) is 0 Å². The highest BCUT2D eigenvalue weighted by Gasteiger charge is 2.18. The van der Waals surface area contributed by atoms with Crippen molar-refractivity contribution in [3.8, 4) is 5.75 Å². The van der Waals surface area contributed by atoms with Crippen LogP contribution in [-0.4, -0.2) is 30.8 Å². The maximum atomic E-state index is 12.6. The van der Waals surface area contributed by atoms with E-state index in [0.717, 1.165) is 42.8 Å². The number of halogens is 1. The van der Waals surface area contributed by atoms with Crippen molar-refractivity contribution in [3.05, 3.63) is 107 Å². The molecule has 0 N–H and O–H groups in total. The molecule has 0 fully saturated rings. The number of nitrogens with zero attached hydrogens (tertiary/aromatic N) is 1. The van der Waals surface area contributed by atoms with E-state index in [9.17, 15) is 4.79 Å². The number of carbonyl (C=O) groups excluding carboxylic acids is 1. The molecule has 4 heteroatoms. The number of ether oxygens (including phenoxy) is 1. The van der Waals surface area contributed by atoms with Gasteiger partial charge in [0, 0.05) is 24.1 Å². The van der Waals surface area contributed by atoms with E-state index >= 15 is 0 Å². The third-order valence-corrected chi connectivity index (χ3v) is 6.74. The minimum absolute atomic E-state index is 0. The van der Waals surface area contributed by atoms with Gasteiger partial charge in [0.15, 0.2) is 5.78 Å². The molecule has 4 rings (SSSR count). The number of para-hydroxylation sites is 1. The molecule has 3 nitrogen and oxygen atoms in total. The smallest absolute Gasteiger partial charge is 0.162 e. The van der Waals surface area contributed by atoms with Gasteiger partial charge in [0.1, 0.15) is 12.4 Å². The Hall–Kier alpha value is -2.88. The highest BCUT2D eigenvalue weighted by molar-refractivity contribution is 5.96. The third-order valence-electron chi connectivity index (χ3n) is 6.74. The quantitative estimate of drug-likeness (QED) is 0.295. The Balaban J connectivity index is 0.00000361. The highest BCUT2D eigenvalue weighted by atomic mass is 35.5. The number of rotatable bonds is 8. The number of hydrogen-bond acceptors (Lipinski definition) is 3. The van der Waals surface area contributed by atoms with Crippen molar-refractivity contribution in [1.29, 1.82) is 0 Å². The lowest BCUT2D eigenvalue weighted by atomic mass is 9.86. The van der Waals surface area contributed by atoms with E-state index in [0.29, 0.717) is 13.0 Å². The summed E-state index contributed by atoms with van der Waals surface area (Å²) in [5, 5.41) is 0. The van der Waals surface area contributed by atoms with Gasteiger partial charge >= 0.3 is 0 Å². The maximum Gasteiger partial charge on any atom is 0.162 e. The zero-order valence-electron chi connectivity index (χ0n) is 21.9. The van der Waals surface area contributed by atoms with Crippen LogP contribution >= 0.6 is 12.4 Å². The van der Waals surface area contributed by atoms with Crippen LogP contribution in [0.15, 0.2) is 78.9 Å². The van der Waals surface area contributed by atoms with Gasteiger partial charge in [-0.15, -0.1) is 12.4 Å². The van der Waals surface area contributed by atoms with Crippen LogP contribution in [0.25, 0.3) is 5.57 Å². The van der Waals surface area contributed by atoms with Gasteiger partial charge in [-0.1, -0.05) is 93.6 Å². The number of fused-ring (bicyclic) bond motifs is 2. The molecule has 3 aromatic rings. The Morgan fingerprint density at radius 3 is 2.31 bits per heavy atom. The molecule has 0 unspecified atom stereocenters. The lowest BCUT2D eigenvalue weighted by molar-refractivity contribution is 0.0976. The molecule has 0 aliphatic carbocycles. The predicted molar refractivity (Wildman–Crippen MR) is 152 cm³/mol. The van der Waals surface area contributed by atoms with Crippen LogP contribution in [0.2, 0.25) is 0 Å². The van der Waals surface area contributed by atoms with Gasteiger partial charge in [-0.2, -0.15) is 0 Å². The zero-order chi connectivity index (χ0) is 24.8. The zero-order valence-corrected chi connectivity index (χ0v) is 22.7. The van der Waals surface area contributed by atoms with Crippen molar-refractivity contribution >= 4 is 23.8 Å². The molecule has 0 saturated carbocycles. The van der Waals surface area contributed by atoms with Crippen molar-refractivity contribution in [2.45, 2.75) is 52.1 Å². The Bertz CT molecular complexity index is 1140. The lowest BCUT2D eigenvalue weighted by Crippen LogP contribution is -2.21. The van der Waals surface area contributed by atoms with Crippen molar-refractivity contribution < 1.29 is 9.53 Å². The van der Waals surface area contributed by atoms with Crippen LogP contribution in [0.5, 0.6) is 5.75 Å². The standard InChI is InChI=1S/C32H37NO2.ClH/c1-32(2,3)26-19-17-24(18-20-26)30(34)15-10-22-33(4)21-9-14-28-27-12-6-5-11-25(27)23-35-31-16-8-7-13-29(28)31;/h5-8,11-14,16-20H,9-10,15,21-23H2,1-4H3;1H/b28-14-;. The molecule has 36 heavy (non-hydrogen) atoms. The van der Waals surface area contributed by atoms with Crippen LogP contribution in [0.1, 0.15) is 72.6 Å². The van der Waals surface area contributed by atoms with Crippen molar-refractivity contribution in [2.24, 2.45) is 0 Å². The molecule has 0 aromatic heterocycles. The minimum Gasteiger partial charge on any atom is -0.488 e. The molecule has 0 spiro atoms. The fourth-order valence-corrected chi connectivity index (χ4v) is 4.60. The predicted octanol–water partition coefficient (Wildman–Crippen LogP) is 7.72. The number of carbonyl (C=O) groups is 1. The maximum absolute atomic E-state index is 12.6. The van der Waals surface area contributed by atoms with Crippen LogP contribution < -0.4 is 4.74 Å². The summed E-state index contributed by atoms with van der Waals surface area (Å²) in [6.45, 7) is 9.02. The first kappa shape index (κ1) is 27.7. The van der Waals surface area contributed by atoms with Gasteiger partial charge in [0.25, 0.3) is 0 Å². The number of hydrogen-bond donors (Lipinski definition) is 0.